The molecule has 0 bridgehead atoms. The van der Waals surface area contributed by atoms with Gasteiger partial charge >= 0.3 is 0 Å². The van der Waals surface area contributed by atoms with E-state index in [4.69, 9.17) is 14.0 Å². The molecule has 0 saturated carbocycles. The number of likely N-dealkylation sites (tertiary alicyclic amines) is 1. The lowest BCUT2D eigenvalue weighted by Gasteiger charge is -2.38. The van der Waals surface area contributed by atoms with Crippen molar-refractivity contribution in [2.45, 2.75) is 45.6 Å². The molecule has 1 atom stereocenters. The Bertz CT molecular complexity index is 867. The Kier molecular flexibility index (Phi) is 4.36. The van der Waals surface area contributed by atoms with Crippen LogP contribution in [0.2, 0.25) is 0 Å². The van der Waals surface area contributed by atoms with E-state index >= 15 is 0 Å². The number of piperidine rings is 1. The average molecular weight is 352 g/mol. The fraction of sp³-hybridized carbons (Fsp3) is 0.450. The van der Waals surface area contributed by atoms with Gasteiger partial charge in [0.15, 0.2) is 0 Å². The Morgan fingerprint density at radius 2 is 1.92 bits per heavy atom. The Labute approximate surface area is 153 Å². The minimum Gasteiger partial charge on any atom is -0.361 e. The Balaban J connectivity index is 1.54. The van der Waals surface area contributed by atoms with E-state index in [0.29, 0.717) is 5.82 Å². The van der Waals surface area contributed by atoms with Crippen molar-refractivity contribution in [3.63, 3.8) is 0 Å². The van der Waals surface area contributed by atoms with Crippen molar-refractivity contribution in [2.24, 2.45) is 0 Å². The molecule has 0 unspecified atom stereocenters. The lowest BCUT2D eigenvalue weighted by atomic mass is 9.81. The summed E-state index contributed by atoms with van der Waals surface area (Å²) >= 11 is 0. The number of aryl methyl sites for hydroxylation is 2. The first-order valence-electron chi connectivity index (χ1n) is 9.09. The molecule has 3 aromatic rings. The van der Waals surface area contributed by atoms with E-state index in [1.807, 2.05) is 44.2 Å². The average Bonchev–Trinajstić information content (AvgIpc) is 3.26. The summed E-state index contributed by atoms with van der Waals surface area (Å²) in [6.07, 6.45) is 2.14. The van der Waals surface area contributed by atoms with Gasteiger partial charge in [0.1, 0.15) is 5.76 Å². The van der Waals surface area contributed by atoms with Gasteiger partial charge in [0, 0.05) is 24.2 Å². The van der Waals surface area contributed by atoms with Crippen LogP contribution in [0.4, 0.5) is 0 Å². The number of hydrogen-bond donors (Lipinski definition) is 0. The van der Waals surface area contributed by atoms with Gasteiger partial charge in [-0.15, -0.1) is 0 Å². The zero-order valence-corrected chi connectivity index (χ0v) is 15.5. The molecule has 0 spiro atoms. The van der Waals surface area contributed by atoms with Gasteiger partial charge < -0.3 is 9.05 Å². The summed E-state index contributed by atoms with van der Waals surface area (Å²) in [7, 11) is 0. The van der Waals surface area contributed by atoms with E-state index in [0.717, 1.165) is 55.4 Å². The lowest BCUT2D eigenvalue weighted by Crippen LogP contribution is -2.44. The fourth-order valence-corrected chi connectivity index (χ4v) is 3.78. The van der Waals surface area contributed by atoms with E-state index in [-0.39, 0.29) is 5.41 Å². The monoisotopic (exact) mass is 352 g/mol. The molecule has 1 aliphatic heterocycles. The molecule has 2 aromatic heterocycles. The maximum absolute atomic E-state index is 5.67. The molecule has 0 aliphatic carbocycles. The second-order valence-electron chi connectivity index (χ2n) is 7.47. The molecule has 6 nitrogen and oxygen atoms in total. The zero-order valence-electron chi connectivity index (χ0n) is 15.5. The predicted molar refractivity (Wildman–Crippen MR) is 97.6 cm³/mol. The van der Waals surface area contributed by atoms with Gasteiger partial charge in [0.25, 0.3) is 0 Å². The fourth-order valence-electron chi connectivity index (χ4n) is 3.78. The van der Waals surface area contributed by atoms with Crippen LogP contribution >= 0.6 is 0 Å². The third-order valence-corrected chi connectivity index (χ3v) is 5.31. The molecule has 0 N–H and O–H groups in total. The van der Waals surface area contributed by atoms with Crippen molar-refractivity contribution >= 4 is 0 Å². The molecule has 136 valence electrons. The molecule has 4 rings (SSSR count). The Morgan fingerprint density at radius 1 is 1.12 bits per heavy atom. The number of aromatic nitrogens is 3. The second-order valence-corrected chi connectivity index (χ2v) is 7.47. The molecule has 1 aromatic carbocycles. The smallest absolute Gasteiger partial charge is 0.234 e. The van der Waals surface area contributed by atoms with Crippen LogP contribution in [0.25, 0.3) is 11.4 Å². The highest BCUT2D eigenvalue weighted by Gasteiger charge is 2.38. The van der Waals surface area contributed by atoms with Crippen molar-refractivity contribution in [3.05, 3.63) is 53.2 Å². The predicted octanol–water partition coefficient (Wildman–Crippen LogP) is 3.90. The van der Waals surface area contributed by atoms with Crippen LogP contribution in [-0.4, -0.2) is 33.3 Å². The maximum atomic E-state index is 5.67. The van der Waals surface area contributed by atoms with Crippen molar-refractivity contribution in [1.82, 2.24) is 20.2 Å². The maximum Gasteiger partial charge on any atom is 0.234 e. The van der Waals surface area contributed by atoms with Crippen LogP contribution < -0.4 is 0 Å². The molecule has 0 radical (unpaired) electrons. The summed E-state index contributed by atoms with van der Waals surface area (Å²) in [4.78, 5) is 7.14. The highest BCUT2D eigenvalue weighted by molar-refractivity contribution is 5.53. The van der Waals surface area contributed by atoms with Crippen molar-refractivity contribution in [3.8, 4) is 11.4 Å². The van der Waals surface area contributed by atoms with Crippen molar-refractivity contribution < 1.29 is 9.05 Å². The summed E-state index contributed by atoms with van der Waals surface area (Å²) in [5, 5.41) is 8.28. The number of benzene rings is 1. The van der Waals surface area contributed by atoms with Crippen LogP contribution in [0, 0.1) is 13.8 Å². The highest BCUT2D eigenvalue weighted by atomic mass is 16.5. The molecule has 26 heavy (non-hydrogen) atoms. The van der Waals surface area contributed by atoms with Gasteiger partial charge in [-0.1, -0.05) is 40.6 Å². The van der Waals surface area contributed by atoms with Gasteiger partial charge in [-0.05, 0) is 40.2 Å². The van der Waals surface area contributed by atoms with E-state index in [1.54, 1.807) is 0 Å². The lowest BCUT2D eigenvalue weighted by molar-refractivity contribution is 0.123. The molecule has 3 heterocycles. The SMILES string of the molecule is Cc1noc(C)c1CN1CCC[C@](C)(c2nc(-c3ccccc3)no2)C1. The third kappa shape index (κ3) is 3.17. The number of nitrogens with zero attached hydrogens (tertiary/aromatic N) is 4. The topological polar surface area (TPSA) is 68.2 Å². The second kappa shape index (κ2) is 6.68. The van der Waals surface area contributed by atoms with E-state index in [9.17, 15) is 0 Å². The summed E-state index contributed by atoms with van der Waals surface area (Å²) in [6.45, 7) is 8.97. The number of rotatable bonds is 4. The van der Waals surface area contributed by atoms with E-state index < -0.39 is 0 Å². The third-order valence-electron chi connectivity index (χ3n) is 5.31. The summed E-state index contributed by atoms with van der Waals surface area (Å²) < 4.78 is 11.0. The highest BCUT2D eigenvalue weighted by Crippen LogP contribution is 2.34. The summed E-state index contributed by atoms with van der Waals surface area (Å²) in [6, 6.07) is 9.96. The van der Waals surface area contributed by atoms with Gasteiger partial charge in [0.2, 0.25) is 11.7 Å². The van der Waals surface area contributed by atoms with Crippen LogP contribution in [0.3, 0.4) is 0 Å². The molecule has 6 heteroatoms. The normalized spacial score (nSPS) is 21.2. The van der Waals surface area contributed by atoms with Gasteiger partial charge in [-0.25, -0.2) is 0 Å². The Morgan fingerprint density at radius 3 is 2.65 bits per heavy atom. The van der Waals surface area contributed by atoms with E-state index in [1.165, 1.54) is 5.56 Å². The molecule has 1 aliphatic rings. The van der Waals surface area contributed by atoms with Gasteiger partial charge in [-0.2, -0.15) is 4.98 Å². The summed E-state index contributed by atoms with van der Waals surface area (Å²) in [5.41, 5.74) is 3.00. The minimum absolute atomic E-state index is 0.142. The van der Waals surface area contributed by atoms with Crippen molar-refractivity contribution in [1.29, 1.82) is 0 Å². The summed E-state index contributed by atoms with van der Waals surface area (Å²) in [5.74, 6) is 2.28. The zero-order chi connectivity index (χ0) is 18.1. The number of hydrogen-bond acceptors (Lipinski definition) is 6. The molecule has 1 fully saturated rings. The van der Waals surface area contributed by atoms with Gasteiger partial charge in [-0.3, -0.25) is 4.90 Å². The first-order valence-corrected chi connectivity index (χ1v) is 9.09. The quantitative estimate of drug-likeness (QED) is 0.709. The van der Waals surface area contributed by atoms with Crippen molar-refractivity contribution in [2.75, 3.05) is 13.1 Å². The molecular formula is C20H24N4O2. The standard InChI is InChI=1S/C20H24N4O2/c1-14-17(15(2)25-22-14)12-24-11-7-10-20(3,13-24)19-21-18(23-26-19)16-8-5-4-6-9-16/h4-6,8-9H,7,10-13H2,1-3H3/t20-/m0/s1. The van der Waals surface area contributed by atoms with Crippen LogP contribution in [-0.2, 0) is 12.0 Å². The molecular weight excluding hydrogens is 328 g/mol. The van der Waals surface area contributed by atoms with E-state index in [2.05, 4.69) is 22.1 Å². The Hall–Kier alpha value is -2.47. The van der Waals surface area contributed by atoms with Crippen LogP contribution in [0.1, 0.15) is 42.7 Å². The van der Waals surface area contributed by atoms with Gasteiger partial charge in [0.05, 0.1) is 11.1 Å². The molecule has 0 amide bonds. The first-order chi connectivity index (χ1) is 12.5. The largest absolute Gasteiger partial charge is 0.361 e. The molecule has 1 saturated heterocycles. The van der Waals surface area contributed by atoms with Crippen LogP contribution in [0.15, 0.2) is 39.4 Å². The first kappa shape index (κ1) is 17.0. The minimum atomic E-state index is -0.142. The van der Waals surface area contributed by atoms with Crippen LogP contribution in [0.5, 0.6) is 0 Å².